The third-order valence-corrected chi connectivity index (χ3v) is 10.7. The minimum Gasteiger partial charge on any atom is -0.337 e. The van der Waals surface area contributed by atoms with Crippen molar-refractivity contribution in [3.63, 3.8) is 0 Å². The van der Waals surface area contributed by atoms with Gasteiger partial charge in [0.05, 0.1) is 15.4 Å². The number of nitrogens with zero attached hydrogens (tertiary/aromatic N) is 3. The highest BCUT2D eigenvalue weighted by molar-refractivity contribution is 7.91. The molecule has 6 nitrogen and oxygen atoms in total. The normalized spacial score (nSPS) is 19.2. The molecule has 1 amide bonds. The lowest BCUT2D eigenvalue weighted by atomic mass is 9.78. The number of carbonyl (C=O) groups is 1. The number of likely N-dealkylation sites (tertiary alicyclic amines) is 1. The Balaban J connectivity index is 1.24. The molecule has 0 radical (unpaired) electrons. The summed E-state index contributed by atoms with van der Waals surface area (Å²) < 4.78 is 27.6. The molecule has 3 aromatic rings. The zero-order valence-electron chi connectivity index (χ0n) is 16.9. The Hall–Kier alpha value is -2.07. The van der Waals surface area contributed by atoms with E-state index in [2.05, 4.69) is 4.98 Å². The number of amides is 1. The predicted octanol–water partition coefficient (Wildman–Crippen LogP) is 4.19. The van der Waals surface area contributed by atoms with E-state index in [9.17, 15) is 13.2 Å². The molecule has 2 fully saturated rings. The summed E-state index contributed by atoms with van der Waals surface area (Å²) in [7, 11) is -3.39. The summed E-state index contributed by atoms with van der Waals surface area (Å²) in [6, 6.07) is 13.1. The molecule has 1 spiro atoms. The number of hydrogen-bond donors (Lipinski definition) is 0. The molecule has 0 saturated carbocycles. The van der Waals surface area contributed by atoms with Crippen LogP contribution in [-0.2, 0) is 10.0 Å². The van der Waals surface area contributed by atoms with Crippen molar-refractivity contribution >= 4 is 38.6 Å². The van der Waals surface area contributed by atoms with Crippen molar-refractivity contribution in [2.45, 2.75) is 23.5 Å². The van der Waals surface area contributed by atoms with Gasteiger partial charge in [-0.25, -0.2) is 8.42 Å². The van der Waals surface area contributed by atoms with Gasteiger partial charge in [0.1, 0.15) is 4.21 Å². The molecular formula is C22H23N3O3S3. The van der Waals surface area contributed by atoms with Crippen molar-refractivity contribution in [3.05, 3.63) is 58.9 Å². The lowest BCUT2D eigenvalue weighted by Gasteiger charge is -2.38. The van der Waals surface area contributed by atoms with Crippen molar-refractivity contribution < 1.29 is 13.2 Å². The van der Waals surface area contributed by atoms with E-state index in [4.69, 9.17) is 0 Å². The van der Waals surface area contributed by atoms with E-state index in [1.807, 2.05) is 35.2 Å². The first-order valence-electron chi connectivity index (χ1n) is 10.3. The number of piperidine rings is 1. The van der Waals surface area contributed by atoms with Gasteiger partial charge in [0.2, 0.25) is 0 Å². The molecule has 9 heteroatoms. The number of aromatic nitrogens is 1. The molecule has 2 saturated heterocycles. The maximum Gasteiger partial charge on any atom is 0.263 e. The molecule has 0 aromatic carbocycles. The second-order valence-electron chi connectivity index (χ2n) is 8.19. The summed E-state index contributed by atoms with van der Waals surface area (Å²) in [4.78, 5) is 21.1. The van der Waals surface area contributed by atoms with Crippen molar-refractivity contribution in [1.29, 1.82) is 0 Å². The average Bonchev–Trinajstić information content (AvgIpc) is 3.56. The molecule has 162 valence electrons. The van der Waals surface area contributed by atoms with Gasteiger partial charge >= 0.3 is 0 Å². The molecule has 2 aliphatic rings. The van der Waals surface area contributed by atoms with E-state index >= 15 is 0 Å². The lowest BCUT2D eigenvalue weighted by Crippen LogP contribution is -2.44. The van der Waals surface area contributed by atoms with Gasteiger partial charge in [-0.05, 0) is 60.4 Å². The number of rotatable bonds is 4. The number of thiophene rings is 2. The fraction of sp³-hybridized carbons (Fsp3) is 0.364. The number of hydrogen-bond acceptors (Lipinski definition) is 6. The number of carbonyl (C=O) groups excluding carboxylic acids is 1. The van der Waals surface area contributed by atoms with Gasteiger partial charge in [0, 0.05) is 32.4 Å². The van der Waals surface area contributed by atoms with Crippen LogP contribution >= 0.6 is 22.7 Å². The van der Waals surface area contributed by atoms with Crippen molar-refractivity contribution in [1.82, 2.24) is 14.2 Å². The summed E-state index contributed by atoms with van der Waals surface area (Å²) in [6.45, 7) is 2.47. The molecular weight excluding hydrogens is 450 g/mol. The van der Waals surface area contributed by atoms with Gasteiger partial charge in [0.15, 0.2) is 0 Å². The van der Waals surface area contributed by atoms with E-state index in [1.54, 1.807) is 28.0 Å². The Kier molecular flexibility index (Phi) is 5.45. The highest BCUT2D eigenvalue weighted by atomic mass is 32.2. The maximum atomic E-state index is 13.1. The number of pyridine rings is 1. The largest absolute Gasteiger partial charge is 0.337 e. The van der Waals surface area contributed by atoms with E-state index in [0.717, 1.165) is 41.3 Å². The highest BCUT2D eigenvalue weighted by Crippen LogP contribution is 2.42. The summed E-state index contributed by atoms with van der Waals surface area (Å²) in [5.41, 5.74) is 0.904. The van der Waals surface area contributed by atoms with Gasteiger partial charge in [-0.1, -0.05) is 12.1 Å². The SMILES string of the molecule is O=C(c1ccc(-c2ccccn2)s1)N1CCC2(CCN(S(=O)(=O)c3cccs3)CC2)C1. The van der Waals surface area contributed by atoms with Crippen LogP contribution in [0, 0.1) is 5.41 Å². The van der Waals surface area contributed by atoms with Crippen LogP contribution in [0.15, 0.2) is 58.3 Å². The zero-order chi connectivity index (χ0) is 21.5. The molecule has 0 bridgehead atoms. The molecule has 5 heterocycles. The predicted molar refractivity (Wildman–Crippen MR) is 123 cm³/mol. The Morgan fingerprint density at radius 1 is 1.00 bits per heavy atom. The monoisotopic (exact) mass is 473 g/mol. The van der Waals surface area contributed by atoms with E-state index in [1.165, 1.54) is 22.7 Å². The summed E-state index contributed by atoms with van der Waals surface area (Å²) >= 11 is 2.74. The topological polar surface area (TPSA) is 70.6 Å². The average molecular weight is 474 g/mol. The minimum absolute atomic E-state index is 0.0260. The lowest BCUT2D eigenvalue weighted by molar-refractivity contribution is 0.0755. The van der Waals surface area contributed by atoms with Gasteiger partial charge < -0.3 is 4.90 Å². The fourth-order valence-electron chi connectivity index (χ4n) is 4.51. The van der Waals surface area contributed by atoms with Crippen LogP contribution in [0.2, 0.25) is 0 Å². The van der Waals surface area contributed by atoms with Crippen LogP contribution in [0.3, 0.4) is 0 Å². The third-order valence-electron chi connectivity index (χ3n) is 6.33. The van der Waals surface area contributed by atoms with Crippen molar-refractivity contribution in [2.24, 2.45) is 5.41 Å². The van der Waals surface area contributed by atoms with Crippen LogP contribution in [-0.4, -0.2) is 54.7 Å². The van der Waals surface area contributed by atoms with Crippen LogP contribution in [0.4, 0.5) is 0 Å². The molecule has 0 unspecified atom stereocenters. The molecule has 5 rings (SSSR count). The van der Waals surface area contributed by atoms with Crippen molar-refractivity contribution in [2.75, 3.05) is 26.2 Å². The first-order valence-corrected chi connectivity index (χ1v) is 13.4. The molecule has 3 aromatic heterocycles. The second kappa shape index (κ2) is 8.12. The maximum absolute atomic E-state index is 13.1. The third kappa shape index (κ3) is 3.95. The molecule has 0 atom stereocenters. The zero-order valence-corrected chi connectivity index (χ0v) is 19.4. The Bertz CT molecular complexity index is 1170. The van der Waals surface area contributed by atoms with Crippen LogP contribution in [0.5, 0.6) is 0 Å². The second-order valence-corrected chi connectivity index (χ2v) is 12.4. The molecule has 2 aliphatic heterocycles. The first-order chi connectivity index (χ1) is 15.0. The van der Waals surface area contributed by atoms with Crippen LogP contribution < -0.4 is 0 Å². The smallest absolute Gasteiger partial charge is 0.263 e. The van der Waals surface area contributed by atoms with Gasteiger partial charge in [-0.2, -0.15) is 4.31 Å². The Morgan fingerprint density at radius 2 is 1.81 bits per heavy atom. The minimum atomic E-state index is -3.39. The molecule has 31 heavy (non-hydrogen) atoms. The number of sulfonamides is 1. The summed E-state index contributed by atoms with van der Waals surface area (Å²) in [5.74, 6) is 0.0673. The first kappa shape index (κ1) is 20.8. The molecule has 0 aliphatic carbocycles. The molecule has 0 N–H and O–H groups in total. The summed E-state index contributed by atoms with van der Waals surface area (Å²) in [5, 5.41) is 1.79. The Labute approximate surface area is 190 Å². The van der Waals surface area contributed by atoms with Crippen LogP contribution in [0.1, 0.15) is 28.9 Å². The highest BCUT2D eigenvalue weighted by Gasteiger charge is 2.44. The summed E-state index contributed by atoms with van der Waals surface area (Å²) in [6.07, 6.45) is 4.28. The van der Waals surface area contributed by atoms with Gasteiger partial charge in [0.25, 0.3) is 15.9 Å². The van der Waals surface area contributed by atoms with Crippen molar-refractivity contribution in [3.8, 4) is 10.6 Å². The van der Waals surface area contributed by atoms with Crippen LogP contribution in [0.25, 0.3) is 10.6 Å². The van der Waals surface area contributed by atoms with Gasteiger partial charge in [-0.3, -0.25) is 9.78 Å². The quantitative estimate of drug-likeness (QED) is 0.570. The fourth-order valence-corrected chi connectivity index (χ4v) is 8.05. The van der Waals surface area contributed by atoms with E-state index < -0.39 is 10.0 Å². The van der Waals surface area contributed by atoms with E-state index in [0.29, 0.717) is 23.8 Å². The van der Waals surface area contributed by atoms with Gasteiger partial charge in [-0.15, -0.1) is 22.7 Å². The van der Waals surface area contributed by atoms with E-state index in [-0.39, 0.29) is 11.3 Å². The Morgan fingerprint density at radius 3 is 2.52 bits per heavy atom. The standard InChI is InChI=1S/C22H23N3O3S3/c26-21(19-7-6-18(30-19)17-4-1-2-11-23-17)24-12-8-22(16-24)9-13-25(14-10-22)31(27,28)20-5-3-15-29-20/h1-7,11,15H,8-10,12-14,16H2.